The number of alkyl halides is 5. The second kappa shape index (κ2) is 10.5. The highest BCUT2D eigenvalue weighted by Crippen LogP contribution is 2.65. The maximum absolute atomic E-state index is 13.0. The molecule has 0 spiro atoms. The van der Waals surface area contributed by atoms with Crippen LogP contribution in [0.4, 0.5) is 18.9 Å². The van der Waals surface area contributed by atoms with Gasteiger partial charge in [0.05, 0.1) is 26.5 Å². The zero-order valence-corrected chi connectivity index (χ0v) is 22.8. The molecule has 1 heterocycles. The van der Waals surface area contributed by atoms with E-state index >= 15 is 0 Å². The molecule has 15 heteroatoms. The predicted molar refractivity (Wildman–Crippen MR) is 137 cm³/mol. The van der Waals surface area contributed by atoms with Gasteiger partial charge in [-0.1, -0.05) is 40.9 Å². The minimum absolute atomic E-state index is 0.0658. The molecule has 2 fully saturated rings. The van der Waals surface area contributed by atoms with E-state index in [9.17, 15) is 27.6 Å². The van der Waals surface area contributed by atoms with Crippen LogP contribution in [0.5, 0.6) is 0 Å². The Labute approximate surface area is 238 Å². The second-order valence-corrected chi connectivity index (χ2v) is 11.2. The minimum Gasteiger partial charge on any atom is -0.326 e. The molecule has 1 aliphatic heterocycles. The van der Waals surface area contributed by atoms with Crippen LogP contribution in [0.25, 0.3) is 0 Å². The number of halogens is 8. The van der Waals surface area contributed by atoms with E-state index in [1.54, 1.807) is 19.1 Å². The van der Waals surface area contributed by atoms with E-state index < -0.39 is 58.9 Å². The summed E-state index contributed by atoms with van der Waals surface area (Å²) < 4.78 is 36.2. The minimum atomic E-state index is -4.70. The van der Waals surface area contributed by atoms with E-state index in [2.05, 4.69) is 15.1 Å². The summed E-state index contributed by atoms with van der Waals surface area (Å²) in [6.07, 6.45) is -4.70. The second-order valence-electron chi connectivity index (χ2n) is 8.54. The van der Waals surface area contributed by atoms with E-state index in [0.29, 0.717) is 16.1 Å². The summed E-state index contributed by atoms with van der Waals surface area (Å²) in [4.78, 5) is 46.0. The Morgan fingerprint density at radius 2 is 1.84 bits per heavy atom. The fourth-order valence-electron chi connectivity index (χ4n) is 3.93. The van der Waals surface area contributed by atoms with Crippen molar-refractivity contribution in [2.75, 3.05) is 18.5 Å². The van der Waals surface area contributed by atoms with Crippen LogP contribution in [0.1, 0.15) is 27.4 Å². The number of aryl methyl sites for hydroxylation is 1. The largest absolute Gasteiger partial charge is 0.408 e. The van der Waals surface area contributed by atoms with Gasteiger partial charge >= 0.3 is 6.18 Å². The summed E-state index contributed by atoms with van der Waals surface area (Å²) in [7, 11) is 0. The van der Waals surface area contributed by atoms with E-state index in [1.165, 1.54) is 18.2 Å². The molecule has 7 nitrogen and oxygen atoms in total. The first-order valence-corrected chi connectivity index (χ1v) is 12.6. The van der Waals surface area contributed by atoms with Crippen molar-refractivity contribution in [1.82, 2.24) is 5.06 Å². The van der Waals surface area contributed by atoms with E-state index in [-0.39, 0.29) is 26.4 Å². The Morgan fingerprint density at radius 3 is 2.47 bits per heavy atom. The van der Waals surface area contributed by atoms with Crippen molar-refractivity contribution < 1.29 is 32.4 Å². The standard InChI is InChI=1S/C23H15Cl5F3N3O4/c1-9-4-10(5-14(25)18(9)26)16-17(23(16,27)28)20(36)32-11-2-3-13(24)12(6-11)19(35)33-15-7-38-34(21(15)37)8-22(29,30)31/h2-6,16-17H,7-8H2,1H3,(H,32,36). The number of nitrogens with zero attached hydrogens (tertiary/aromatic N) is 2. The number of nitrogens with one attached hydrogen (secondary N) is 1. The molecule has 2 atom stereocenters. The molecule has 1 saturated heterocycles. The summed E-state index contributed by atoms with van der Waals surface area (Å²) in [6.45, 7) is -0.540. The zero-order valence-electron chi connectivity index (χ0n) is 19.0. The van der Waals surface area contributed by atoms with E-state index in [4.69, 9.17) is 58.0 Å². The number of hydrogen-bond acceptors (Lipinski definition) is 4. The predicted octanol–water partition coefficient (Wildman–Crippen LogP) is 6.40. The molecule has 2 unspecified atom stereocenters. The van der Waals surface area contributed by atoms with E-state index in [0.717, 1.165) is 0 Å². The summed E-state index contributed by atoms with van der Waals surface area (Å²) in [5.74, 6) is -4.24. The molecular weight excluding hydrogens is 617 g/mol. The molecule has 202 valence electrons. The zero-order chi connectivity index (χ0) is 28.2. The lowest BCUT2D eigenvalue weighted by molar-refractivity contribution is -0.214. The van der Waals surface area contributed by atoms with Gasteiger partial charge in [0.25, 0.3) is 11.8 Å². The number of carbonyl (C=O) groups excluding carboxylic acids is 3. The average molecular weight is 632 g/mol. The third-order valence-electron chi connectivity index (χ3n) is 5.78. The smallest absolute Gasteiger partial charge is 0.326 e. The first kappa shape index (κ1) is 28.9. The van der Waals surface area contributed by atoms with Crippen LogP contribution in [-0.2, 0) is 14.4 Å². The lowest BCUT2D eigenvalue weighted by Gasteiger charge is -2.14. The molecule has 2 aromatic carbocycles. The number of hydrogen-bond donors (Lipinski definition) is 1. The lowest BCUT2D eigenvalue weighted by atomic mass is 10.1. The van der Waals surface area contributed by atoms with Crippen LogP contribution in [0.3, 0.4) is 0 Å². The van der Waals surface area contributed by atoms with Gasteiger partial charge in [-0.15, -0.1) is 23.2 Å². The van der Waals surface area contributed by atoms with Crippen LogP contribution in [0.15, 0.2) is 35.3 Å². The summed E-state index contributed by atoms with van der Waals surface area (Å²) >= 11 is 31.1. The third kappa shape index (κ3) is 5.90. The number of amides is 3. The maximum atomic E-state index is 13.0. The molecule has 1 saturated carbocycles. The summed E-state index contributed by atoms with van der Waals surface area (Å²) in [5, 5.41) is 3.25. The van der Waals surface area contributed by atoms with Crippen LogP contribution in [0.2, 0.25) is 15.1 Å². The van der Waals surface area contributed by atoms with Gasteiger partial charge < -0.3 is 5.32 Å². The van der Waals surface area contributed by atoms with Gasteiger partial charge in [0.2, 0.25) is 5.91 Å². The summed E-state index contributed by atoms with van der Waals surface area (Å²) in [5.41, 5.74) is 0.689. The molecule has 2 aliphatic rings. The van der Waals surface area contributed by atoms with Gasteiger partial charge in [-0.2, -0.15) is 13.2 Å². The maximum Gasteiger partial charge on any atom is 0.408 e. The normalized spacial score (nSPS) is 21.7. The third-order valence-corrected chi connectivity index (χ3v) is 7.95. The van der Waals surface area contributed by atoms with Crippen molar-refractivity contribution in [1.29, 1.82) is 0 Å². The van der Waals surface area contributed by atoms with Crippen molar-refractivity contribution in [3.63, 3.8) is 0 Å². The van der Waals surface area contributed by atoms with Crippen LogP contribution in [-0.4, -0.2) is 52.2 Å². The van der Waals surface area contributed by atoms with Crippen molar-refractivity contribution in [2.45, 2.75) is 23.4 Å². The van der Waals surface area contributed by atoms with Crippen LogP contribution >= 0.6 is 58.0 Å². The van der Waals surface area contributed by atoms with Gasteiger partial charge in [-0.05, 0) is 42.3 Å². The first-order chi connectivity index (χ1) is 17.6. The molecule has 0 aromatic heterocycles. The highest BCUT2D eigenvalue weighted by atomic mass is 35.5. The van der Waals surface area contributed by atoms with Crippen molar-refractivity contribution >= 4 is 87.1 Å². The Morgan fingerprint density at radius 1 is 1.16 bits per heavy atom. The molecule has 0 bridgehead atoms. The van der Waals surface area contributed by atoms with Crippen molar-refractivity contribution in [2.24, 2.45) is 10.9 Å². The Balaban J connectivity index is 1.50. The highest BCUT2D eigenvalue weighted by molar-refractivity contribution is 6.53. The Kier molecular flexibility index (Phi) is 7.97. The molecule has 1 N–H and O–H groups in total. The molecule has 2 aromatic rings. The van der Waals surface area contributed by atoms with E-state index in [1.807, 2.05) is 0 Å². The highest BCUT2D eigenvalue weighted by Gasteiger charge is 2.67. The SMILES string of the molecule is Cc1cc(C2C(C(=O)Nc3ccc(Cl)c(C(=O)N=C4CON(CC(F)(F)F)C4=O)c3)C2(Cl)Cl)cc(Cl)c1Cl. The van der Waals surface area contributed by atoms with Gasteiger partial charge in [-0.25, -0.2) is 10.1 Å². The van der Waals surface area contributed by atoms with Gasteiger partial charge in [0.15, 0.2) is 0 Å². The topological polar surface area (TPSA) is 88.1 Å². The molecule has 4 rings (SSSR count). The van der Waals surface area contributed by atoms with Gasteiger partial charge in [-0.3, -0.25) is 19.2 Å². The Hall–Kier alpha value is -2.08. The number of carbonyl (C=O) groups is 3. The number of aliphatic imine (C=N–C) groups is 1. The quantitative estimate of drug-likeness (QED) is 0.387. The number of hydroxylamine groups is 2. The molecule has 1 aliphatic carbocycles. The van der Waals surface area contributed by atoms with Gasteiger partial charge in [0.1, 0.15) is 23.2 Å². The fraction of sp³-hybridized carbons (Fsp3) is 0.304. The monoisotopic (exact) mass is 629 g/mol. The van der Waals surface area contributed by atoms with Gasteiger partial charge in [0, 0.05) is 11.6 Å². The van der Waals surface area contributed by atoms with Crippen molar-refractivity contribution in [3.8, 4) is 0 Å². The molecule has 3 amide bonds. The van der Waals surface area contributed by atoms with Crippen LogP contribution < -0.4 is 5.32 Å². The Bertz CT molecular complexity index is 1360. The van der Waals surface area contributed by atoms with Crippen molar-refractivity contribution in [3.05, 3.63) is 62.1 Å². The number of benzene rings is 2. The molecular formula is C23H15Cl5F3N3O4. The summed E-state index contributed by atoms with van der Waals surface area (Å²) in [6, 6.07) is 7.22. The van der Waals surface area contributed by atoms with Crippen LogP contribution in [0, 0.1) is 12.8 Å². The average Bonchev–Trinajstić information content (AvgIpc) is 3.26. The molecule has 38 heavy (non-hydrogen) atoms. The lowest BCUT2D eigenvalue weighted by Crippen LogP contribution is -2.35. The molecule has 0 radical (unpaired) electrons. The fourth-order valence-corrected chi connectivity index (χ4v) is 5.34. The first-order valence-electron chi connectivity index (χ1n) is 10.7. The number of anilines is 1. The number of rotatable bonds is 5.